The smallest absolute Gasteiger partial charge is 0.325 e. The molecule has 0 aliphatic rings. The third kappa shape index (κ3) is 4.52. The highest BCUT2D eigenvalue weighted by atomic mass is 28.4. The summed E-state index contributed by atoms with van der Waals surface area (Å²) >= 11 is 0. The molecule has 0 bridgehead atoms. The van der Waals surface area contributed by atoms with Gasteiger partial charge in [0.15, 0.2) is 0 Å². The average molecular weight is 388 g/mol. The highest BCUT2D eigenvalue weighted by molar-refractivity contribution is 6.98. The summed E-state index contributed by atoms with van der Waals surface area (Å²) in [6.07, 6.45) is 2.22. The molecule has 0 unspecified atom stereocenters. The van der Waals surface area contributed by atoms with Gasteiger partial charge < -0.3 is 4.43 Å². The molecule has 0 spiro atoms. The van der Waals surface area contributed by atoms with Crippen molar-refractivity contribution in [3.05, 3.63) is 96.6 Å². The van der Waals surface area contributed by atoms with E-state index < -0.39 is 8.32 Å². The van der Waals surface area contributed by atoms with Gasteiger partial charge in [-0.05, 0) is 35.0 Å². The van der Waals surface area contributed by atoms with E-state index in [1.54, 1.807) is 18.2 Å². The first-order chi connectivity index (χ1) is 13.8. The van der Waals surface area contributed by atoms with Gasteiger partial charge in [0.2, 0.25) is 6.08 Å². The van der Waals surface area contributed by atoms with E-state index in [1.165, 1.54) is 0 Å². The van der Waals surface area contributed by atoms with Crippen LogP contribution in [0.15, 0.2) is 96.0 Å². The molecule has 0 amide bonds. The zero-order valence-electron chi connectivity index (χ0n) is 15.5. The molecule has 3 aromatic rings. The van der Waals surface area contributed by atoms with Gasteiger partial charge >= 0.3 is 14.3 Å². The van der Waals surface area contributed by atoms with Crippen LogP contribution in [0.5, 0.6) is 0 Å². The normalized spacial score (nSPS) is 10.7. The fourth-order valence-corrected chi connectivity index (χ4v) is 7.08. The standard InChI is InChI=1S/C23H21NO3Si/c25-19-24-17-10-18-28(21-13-6-2-7-14-21,22-15-8-3-9-16-22)27-23(26)20-11-4-1-5-12-20/h1-9,11-16H,10,17-18H2. The van der Waals surface area contributed by atoms with E-state index in [-0.39, 0.29) is 5.97 Å². The number of hydrogen-bond donors (Lipinski definition) is 0. The van der Waals surface area contributed by atoms with Crippen LogP contribution < -0.4 is 10.4 Å². The molecular formula is C23H21NO3Si. The lowest BCUT2D eigenvalue weighted by molar-refractivity contribution is 0.0727. The second-order valence-electron chi connectivity index (χ2n) is 6.39. The summed E-state index contributed by atoms with van der Waals surface area (Å²) in [4.78, 5) is 27.2. The molecule has 0 saturated carbocycles. The number of benzene rings is 3. The van der Waals surface area contributed by atoms with Crippen molar-refractivity contribution >= 4 is 30.7 Å². The van der Waals surface area contributed by atoms with Crippen LogP contribution in [-0.2, 0) is 9.22 Å². The van der Waals surface area contributed by atoms with Gasteiger partial charge in [0.1, 0.15) is 0 Å². The molecule has 3 rings (SSSR count). The van der Waals surface area contributed by atoms with Gasteiger partial charge in [-0.15, -0.1) is 0 Å². The van der Waals surface area contributed by atoms with Crippen LogP contribution in [0.1, 0.15) is 16.8 Å². The summed E-state index contributed by atoms with van der Waals surface area (Å²) in [6, 6.07) is 29.4. The second-order valence-corrected chi connectivity index (χ2v) is 9.90. The molecule has 3 aromatic carbocycles. The zero-order valence-corrected chi connectivity index (χ0v) is 16.5. The van der Waals surface area contributed by atoms with Crippen molar-refractivity contribution in [1.29, 1.82) is 0 Å². The van der Waals surface area contributed by atoms with Crippen molar-refractivity contribution in [2.24, 2.45) is 4.99 Å². The van der Waals surface area contributed by atoms with Crippen LogP contribution in [0.2, 0.25) is 6.04 Å². The fourth-order valence-electron chi connectivity index (χ4n) is 3.28. The van der Waals surface area contributed by atoms with Crippen molar-refractivity contribution in [3.8, 4) is 0 Å². The van der Waals surface area contributed by atoms with Crippen LogP contribution in [0, 0.1) is 0 Å². The number of isocyanates is 1. The van der Waals surface area contributed by atoms with Gasteiger partial charge in [-0.2, -0.15) is 0 Å². The zero-order chi connectivity index (χ0) is 19.7. The Balaban J connectivity index is 2.06. The quantitative estimate of drug-likeness (QED) is 0.258. The molecular weight excluding hydrogens is 366 g/mol. The number of rotatable bonds is 8. The first-order valence-electron chi connectivity index (χ1n) is 9.19. The Bertz CT molecular complexity index is 900. The molecule has 0 saturated heterocycles. The summed E-state index contributed by atoms with van der Waals surface area (Å²) in [5.74, 6) is -0.334. The molecule has 0 aromatic heterocycles. The van der Waals surface area contributed by atoms with Gasteiger partial charge in [0.25, 0.3) is 0 Å². The monoisotopic (exact) mass is 387 g/mol. The molecule has 140 valence electrons. The lowest BCUT2D eigenvalue weighted by Gasteiger charge is -2.32. The first kappa shape index (κ1) is 19.5. The number of aliphatic imine (C=N–C) groups is 1. The van der Waals surface area contributed by atoms with E-state index in [4.69, 9.17) is 4.43 Å². The van der Waals surface area contributed by atoms with Crippen molar-refractivity contribution < 1.29 is 14.0 Å². The first-order valence-corrected chi connectivity index (χ1v) is 11.3. The van der Waals surface area contributed by atoms with E-state index >= 15 is 0 Å². The Labute approximate surface area is 165 Å². The highest BCUT2D eigenvalue weighted by Crippen LogP contribution is 2.18. The van der Waals surface area contributed by atoms with Crippen LogP contribution in [0.25, 0.3) is 0 Å². The van der Waals surface area contributed by atoms with Crippen molar-refractivity contribution in [2.75, 3.05) is 6.54 Å². The molecule has 0 heterocycles. The summed E-state index contributed by atoms with van der Waals surface area (Å²) < 4.78 is 6.34. The number of nitrogens with zero attached hydrogens (tertiary/aromatic N) is 1. The predicted octanol–water partition coefficient (Wildman–Crippen LogP) is 3.33. The Morgan fingerprint density at radius 3 is 1.82 bits per heavy atom. The van der Waals surface area contributed by atoms with Gasteiger partial charge in [-0.1, -0.05) is 78.9 Å². The summed E-state index contributed by atoms with van der Waals surface area (Å²) in [5.41, 5.74) is 0.525. The molecule has 0 aliphatic heterocycles. The van der Waals surface area contributed by atoms with Gasteiger partial charge in [0, 0.05) is 0 Å². The molecule has 0 N–H and O–H groups in total. The van der Waals surface area contributed by atoms with Crippen molar-refractivity contribution in [2.45, 2.75) is 12.5 Å². The van der Waals surface area contributed by atoms with Crippen molar-refractivity contribution in [1.82, 2.24) is 0 Å². The highest BCUT2D eigenvalue weighted by Gasteiger charge is 2.42. The van der Waals surface area contributed by atoms with E-state index in [1.807, 2.05) is 78.9 Å². The fraction of sp³-hybridized carbons (Fsp3) is 0.130. The van der Waals surface area contributed by atoms with Crippen molar-refractivity contribution in [3.63, 3.8) is 0 Å². The Hall–Kier alpha value is -3.27. The summed E-state index contributed by atoms with van der Waals surface area (Å²) in [7, 11) is -2.88. The minimum atomic E-state index is -2.88. The lowest BCUT2D eigenvalue weighted by Crippen LogP contribution is -2.61. The maximum atomic E-state index is 13.0. The minimum Gasteiger partial charge on any atom is -0.507 e. The second kappa shape index (κ2) is 9.60. The maximum Gasteiger partial charge on any atom is 0.325 e. The van der Waals surface area contributed by atoms with Crippen LogP contribution in [-0.4, -0.2) is 26.9 Å². The summed E-state index contributed by atoms with van der Waals surface area (Å²) in [5, 5.41) is 2.03. The number of carbonyl (C=O) groups is 1. The van der Waals surface area contributed by atoms with Crippen LogP contribution >= 0.6 is 0 Å². The molecule has 0 radical (unpaired) electrons. The Kier molecular flexibility index (Phi) is 6.68. The third-order valence-electron chi connectivity index (χ3n) is 4.62. The van der Waals surface area contributed by atoms with E-state index in [2.05, 4.69) is 4.99 Å². The molecule has 28 heavy (non-hydrogen) atoms. The van der Waals surface area contributed by atoms with E-state index in [9.17, 15) is 9.59 Å². The summed E-state index contributed by atoms with van der Waals surface area (Å²) in [6.45, 7) is 0.362. The minimum absolute atomic E-state index is 0.334. The lowest BCUT2D eigenvalue weighted by atomic mass is 10.2. The Morgan fingerprint density at radius 2 is 1.32 bits per heavy atom. The number of hydrogen-bond acceptors (Lipinski definition) is 4. The van der Waals surface area contributed by atoms with Crippen LogP contribution in [0.3, 0.4) is 0 Å². The topological polar surface area (TPSA) is 55.7 Å². The molecule has 0 fully saturated rings. The third-order valence-corrected chi connectivity index (χ3v) is 8.74. The van der Waals surface area contributed by atoms with Gasteiger partial charge in [-0.25, -0.2) is 14.6 Å². The van der Waals surface area contributed by atoms with Gasteiger partial charge in [0.05, 0.1) is 12.1 Å². The molecule has 0 atom stereocenters. The number of carbonyl (C=O) groups excluding carboxylic acids is 2. The van der Waals surface area contributed by atoms with E-state index in [0.29, 0.717) is 24.6 Å². The molecule has 0 aliphatic carbocycles. The molecule has 5 heteroatoms. The predicted molar refractivity (Wildman–Crippen MR) is 112 cm³/mol. The van der Waals surface area contributed by atoms with Gasteiger partial charge in [-0.3, -0.25) is 0 Å². The Morgan fingerprint density at radius 1 is 0.821 bits per heavy atom. The van der Waals surface area contributed by atoms with Crippen LogP contribution in [0.4, 0.5) is 0 Å². The van der Waals surface area contributed by atoms with E-state index in [0.717, 1.165) is 10.4 Å². The SMILES string of the molecule is O=C=NCCC[Si](OC(=O)c1ccccc1)(c1ccccc1)c1ccccc1. The largest absolute Gasteiger partial charge is 0.507 e. The maximum absolute atomic E-state index is 13.0. The molecule has 4 nitrogen and oxygen atoms in total. The average Bonchev–Trinajstić information content (AvgIpc) is 2.77.